The Morgan fingerprint density at radius 2 is 1.43 bits per heavy atom. The van der Waals surface area contributed by atoms with Gasteiger partial charge in [-0.2, -0.15) is 0 Å². The van der Waals surface area contributed by atoms with Gasteiger partial charge in [0.15, 0.2) is 0 Å². The fourth-order valence-corrected chi connectivity index (χ4v) is 2.62. The summed E-state index contributed by atoms with van der Waals surface area (Å²) >= 11 is 0. The fraction of sp³-hybridized carbons (Fsp3) is 0.846. The molecule has 0 heterocycles. The maximum absolute atomic E-state index is 12.2. The van der Waals surface area contributed by atoms with Crippen molar-refractivity contribution in [3.8, 4) is 0 Å². The highest BCUT2D eigenvalue weighted by Gasteiger charge is 2.28. The van der Waals surface area contributed by atoms with Crippen LogP contribution in [-0.4, -0.2) is 43.7 Å². The van der Waals surface area contributed by atoms with E-state index in [9.17, 15) is 18.0 Å². The number of hydrogen-bond acceptors (Lipinski definition) is 4. The molecule has 0 aromatic carbocycles. The minimum Gasteiger partial charge on any atom is -0.480 e. The Morgan fingerprint density at radius 1 is 1.00 bits per heavy atom. The van der Waals surface area contributed by atoms with Crippen LogP contribution in [0.2, 0.25) is 0 Å². The van der Waals surface area contributed by atoms with E-state index in [2.05, 4.69) is 10.0 Å². The van der Waals surface area contributed by atoms with Gasteiger partial charge in [-0.15, -0.1) is 0 Å². The van der Waals surface area contributed by atoms with Gasteiger partial charge in [0.25, 0.3) is 0 Å². The number of hydrogen-bond donors (Lipinski definition) is 3. The molecule has 0 radical (unpaired) electrons. The van der Waals surface area contributed by atoms with Crippen LogP contribution in [0, 0.1) is 11.8 Å². The monoisotopic (exact) mass is 322 g/mol. The number of sulfonamides is 1. The van der Waals surface area contributed by atoms with Gasteiger partial charge in [0.05, 0.1) is 6.26 Å². The van der Waals surface area contributed by atoms with Crippen molar-refractivity contribution in [3.05, 3.63) is 0 Å². The van der Waals surface area contributed by atoms with Crippen molar-refractivity contribution >= 4 is 21.9 Å². The zero-order valence-corrected chi connectivity index (χ0v) is 14.0. The summed E-state index contributed by atoms with van der Waals surface area (Å²) in [7, 11) is -3.55. The topological polar surface area (TPSA) is 113 Å². The van der Waals surface area contributed by atoms with E-state index >= 15 is 0 Å². The maximum atomic E-state index is 12.2. The minimum atomic E-state index is -3.55. The number of carboxylic acids is 1. The van der Waals surface area contributed by atoms with Gasteiger partial charge in [-0.3, -0.25) is 4.79 Å². The predicted octanol–water partition coefficient (Wildman–Crippen LogP) is 0.566. The van der Waals surface area contributed by atoms with E-state index in [4.69, 9.17) is 5.11 Å². The second kappa shape index (κ2) is 8.33. The molecule has 0 aromatic rings. The summed E-state index contributed by atoms with van der Waals surface area (Å²) in [5.41, 5.74) is 0. The molecule has 0 bridgehead atoms. The number of aliphatic carboxylic acids is 1. The second-order valence-corrected chi connectivity index (χ2v) is 7.88. The Balaban J connectivity index is 4.96. The molecular weight excluding hydrogens is 296 g/mol. The number of carbonyl (C=O) groups is 2. The number of carbonyl (C=O) groups excluding carboxylic acids is 1. The van der Waals surface area contributed by atoms with Crippen molar-refractivity contribution in [2.75, 3.05) is 6.26 Å². The number of carboxylic acid groups (broad SMARTS) is 1. The van der Waals surface area contributed by atoms with Crippen LogP contribution < -0.4 is 10.0 Å². The lowest BCUT2D eigenvalue weighted by Gasteiger charge is -2.22. The molecule has 8 heteroatoms. The number of amides is 1. The normalized spacial score (nSPS) is 15.0. The van der Waals surface area contributed by atoms with Gasteiger partial charge in [-0.25, -0.2) is 17.9 Å². The van der Waals surface area contributed by atoms with Crippen molar-refractivity contribution in [1.82, 2.24) is 10.0 Å². The molecule has 0 aliphatic rings. The third-order valence-electron chi connectivity index (χ3n) is 2.70. The summed E-state index contributed by atoms with van der Waals surface area (Å²) in [6.45, 7) is 7.41. The van der Waals surface area contributed by atoms with Crippen molar-refractivity contribution in [1.29, 1.82) is 0 Å². The van der Waals surface area contributed by atoms with E-state index in [1.807, 2.05) is 27.7 Å². The zero-order chi connectivity index (χ0) is 16.8. The second-order valence-electron chi connectivity index (χ2n) is 6.10. The molecule has 2 atom stereocenters. The average Bonchev–Trinajstić information content (AvgIpc) is 2.23. The van der Waals surface area contributed by atoms with E-state index in [1.54, 1.807) is 0 Å². The van der Waals surface area contributed by atoms with Crippen molar-refractivity contribution in [2.45, 2.75) is 52.6 Å². The van der Waals surface area contributed by atoms with Gasteiger partial charge in [-0.1, -0.05) is 27.7 Å². The quantitative estimate of drug-likeness (QED) is 0.574. The van der Waals surface area contributed by atoms with Gasteiger partial charge in [0, 0.05) is 0 Å². The van der Waals surface area contributed by atoms with Gasteiger partial charge in [0.2, 0.25) is 15.9 Å². The van der Waals surface area contributed by atoms with Crippen molar-refractivity contribution in [3.63, 3.8) is 0 Å². The molecule has 0 rings (SSSR count). The van der Waals surface area contributed by atoms with Gasteiger partial charge >= 0.3 is 5.97 Å². The molecule has 0 saturated carbocycles. The van der Waals surface area contributed by atoms with Crippen LogP contribution in [0.25, 0.3) is 0 Å². The molecule has 0 fully saturated rings. The standard InChI is InChI=1S/C13H26N2O5S/c1-8(2)6-10(15-21(5,19)20)12(16)14-11(13(17)18)7-9(3)4/h8-11,15H,6-7H2,1-5H3,(H,14,16)(H,17,18)/t10?,11-/m1/s1. The Morgan fingerprint density at radius 3 is 1.76 bits per heavy atom. The summed E-state index contributed by atoms with van der Waals surface area (Å²) in [4.78, 5) is 23.3. The Labute approximate surface area is 126 Å². The van der Waals surface area contributed by atoms with E-state index in [0.717, 1.165) is 6.26 Å². The van der Waals surface area contributed by atoms with Crippen LogP contribution in [0.5, 0.6) is 0 Å². The van der Waals surface area contributed by atoms with E-state index in [-0.39, 0.29) is 18.3 Å². The minimum absolute atomic E-state index is 0.0865. The van der Waals surface area contributed by atoms with Gasteiger partial charge in [0.1, 0.15) is 12.1 Å². The molecule has 1 unspecified atom stereocenters. The smallest absolute Gasteiger partial charge is 0.326 e. The molecule has 124 valence electrons. The van der Waals surface area contributed by atoms with E-state index in [1.165, 1.54) is 0 Å². The molecule has 7 nitrogen and oxygen atoms in total. The summed E-state index contributed by atoms with van der Waals surface area (Å²) in [5.74, 6) is -1.55. The van der Waals surface area contributed by atoms with Gasteiger partial charge in [-0.05, 0) is 24.7 Å². The molecule has 0 aromatic heterocycles. The van der Waals surface area contributed by atoms with Crippen molar-refractivity contribution in [2.24, 2.45) is 11.8 Å². The fourth-order valence-electron chi connectivity index (χ4n) is 1.90. The first-order valence-electron chi connectivity index (χ1n) is 6.92. The molecule has 21 heavy (non-hydrogen) atoms. The lowest BCUT2D eigenvalue weighted by Crippen LogP contribution is -2.52. The number of rotatable bonds is 9. The van der Waals surface area contributed by atoms with Crippen LogP contribution >= 0.6 is 0 Å². The highest BCUT2D eigenvalue weighted by Crippen LogP contribution is 2.09. The Hall–Kier alpha value is -1.15. The third kappa shape index (κ3) is 9.41. The van der Waals surface area contributed by atoms with E-state index in [0.29, 0.717) is 6.42 Å². The molecule has 1 amide bonds. The highest BCUT2D eigenvalue weighted by atomic mass is 32.2. The molecule has 0 spiro atoms. The van der Waals surface area contributed by atoms with Crippen LogP contribution in [0.3, 0.4) is 0 Å². The largest absolute Gasteiger partial charge is 0.480 e. The van der Waals surface area contributed by atoms with Crippen LogP contribution in [0.15, 0.2) is 0 Å². The molecule has 0 saturated heterocycles. The molecule has 0 aliphatic carbocycles. The molecule has 0 aliphatic heterocycles. The highest BCUT2D eigenvalue weighted by molar-refractivity contribution is 7.88. The molecular formula is C13H26N2O5S. The summed E-state index contributed by atoms with van der Waals surface area (Å²) in [6.07, 6.45) is 1.55. The van der Waals surface area contributed by atoms with Crippen molar-refractivity contribution < 1.29 is 23.1 Å². The predicted molar refractivity (Wildman–Crippen MR) is 80.2 cm³/mol. The Bertz CT molecular complexity index is 459. The lowest BCUT2D eigenvalue weighted by molar-refractivity contribution is -0.142. The maximum Gasteiger partial charge on any atom is 0.326 e. The van der Waals surface area contributed by atoms with Crippen LogP contribution in [0.1, 0.15) is 40.5 Å². The summed E-state index contributed by atoms with van der Waals surface area (Å²) in [5, 5.41) is 11.5. The third-order valence-corrected chi connectivity index (χ3v) is 3.41. The summed E-state index contributed by atoms with van der Waals surface area (Å²) in [6, 6.07) is -1.98. The zero-order valence-electron chi connectivity index (χ0n) is 13.2. The first-order chi connectivity index (χ1) is 9.42. The van der Waals surface area contributed by atoms with Crippen LogP contribution in [-0.2, 0) is 19.6 Å². The SMILES string of the molecule is CC(C)CC(NS(C)(=O)=O)C(=O)N[C@H](CC(C)C)C(=O)O. The molecule has 3 N–H and O–H groups in total. The average molecular weight is 322 g/mol. The lowest BCUT2D eigenvalue weighted by atomic mass is 10.0. The van der Waals surface area contributed by atoms with Gasteiger partial charge < -0.3 is 10.4 Å². The van der Waals surface area contributed by atoms with E-state index < -0.39 is 34.0 Å². The first-order valence-corrected chi connectivity index (χ1v) is 8.82. The van der Waals surface area contributed by atoms with Crippen LogP contribution in [0.4, 0.5) is 0 Å². The summed E-state index contributed by atoms with van der Waals surface area (Å²) < 4.78 is 24.9. The number of nitrogens with one attached hydrogen (secondary N) is 2. The first kappa shape index (κ1) is 19.9. The Kier molecular flexibility index (Phi) is 7.87.